The van der Waals surface area contributed by atoms with Crippen molar-refractivity contribution in [3.63, 3.8) is 0 Å². The van der Waals surface area contributed by atoms with Crippen molar-refractivity contribution in [3.8, 4) is 11.1 Å². The molecule has 0 spiro atoms. The van der Waals surface area contributed by atoms with Gasteiger partial charge in [0.1, 0.15) is 6.61 Å². The van der Waals surface area contributed by atoms with Gasteiger partial charge < -0.3 is 10.2 Å². The molecule has 2 aliphatic rings. The van der Waals surface area contributed by atoms with Crippen LogP contribution >= 0.6 is 0 Å². The summed E-state index contributed by atoms with van der Waals surface area (Å²) < 4.78 is 0. The van der Waals surface area contributed by atoms with Crippen LogP contribution in [0.4, 0.5) is 4.79 Å². The van der Waals surface area contributed by atoms with Gasteiger partial charge in [-0.15, -0.1) is 0 Å². The number of fused-ring (bicyclic) bond motifs is 3. The zero-order valence-corrected chi connectivity index (χ0v) is 15.2. The van der Waals surface area contributed by atoms with Crippen LogP contribution < -0.4 is 5.32 Å². The van der Waals surface area contributed by atoms with Crippen molar-refractivity contribution in [1.29, 1.82) is 0 Å². The minimum atomic E-state index is -0.512. The number of hydrogen-bond acceptors (Lipinski definition) is 4. The molecule has 1 heterocycles. The maximum atomic E-state index is 12.2. The van der Waals surface area contributed by atoms with Crippen LogP contribution in [0.2, 0.25) is 0 Å². The van der Waals surface area contributed by atoms with Gasteiger partial charge in [0.2, 0.25) is 5.91 Å². The van der Waals surface area contributed by atoms with Crippen molar-refractivity contribution >= 4 is 12.0 Å². The lowest BCUT2D eigenvalue weighted by Crippen LogP contribution is -2.37. The van der Waals surface area contributed by atoms with Gasteiger partial charge in [-0.05, 0) is 28.7 Å². The van der Waals surface area contributed by atoms with E-state index in [0.29, 0.717) is 13.1 Å². The number of rotatable bonds is 4. The number of carbonyl (C=O) groups excluding carboxylic acids is 2. The molecule has 1 aliphatic heterocycles. The van der Waals surface area contributed by atoms with Crippen LogP contribution in [0.5, 0.6) is 0 Å². The lowest BCUT2D eigenvalue weighted by Gasteiger charge is -2.17. The molecular weight excluding hydrogens is 344 g/mol. The zero-order valence-electron chi connectivity index (χ0n) is 15.2. The van der Waals surface area contributed by atoms with Gasteiger partial charge in [0, 0.05) is 32.0 Å². The topological polar surface area (TPSA) is 67.9 Å². The third kappa shape index (κ3) is 3.53. The molecule has 1 fully saturated rings. The number of amides is 2. The van der Waals surface area contributed by atoms with E-state index in [0.717, 1.165) is 6.42 Å². The molecule has 0 radical (unpaired) electrons. The molecule has 6 nitrogen and oxygen atoms in total. The molecule has 6 heteroatoms. The molecule has 0 aromatic heterocycles. The van der Waals surface area contributed by atoms with Crippen LogP contribution in [0.25, 0.3) is 11.1 Å². The normalized spacial score (nSPS) is 18.1. The van der Waals surface area contributed by atoms with Crippen molar-refractivity contribution in [2.45, 2.75) is 25.3 Å². The van der Waals surface area contributed by atoms with Crippen molar-refractivity contribution in [3.05, 3.63) is 59.7 Å². The summed E-state index contributed by atoms with van der Waals surface area (Å²) in [6.07, 6.45) is 0.209. The van der Waals surface area contributed by atoms with E-state index in [4.69, 9.17) is 9.78 Å². The predicted molar refractivity (Wildman–Crippen MR) is 99.9 cm³/mol. The van der Waals surface area contributed by atoms with Crippen molar-refractivity contribution in [2.24, 2.45) is 0 Å². The highest BCUT2D eigenvalue weighted by atomic mass is 17.2. The predicted octanol–water partition coefficient (Wildman–Crippen LogP) is 3.08. The molecule has 0 saturated carbocycles. The number of nitrogens with one attached hydrogen (secondary N) is 1. The molecule has 2 aromatic rings. The zero-order chi connectivity index (χ0) is 18.8. The third-order valence-corrected chi connectivity index (χ3v) is 5.18. The first-order chi connectivity index (χ1) is 13.1. The first kappa shape index (κ1) is 17.5. The van der Waals surface area contributed by atoms with Crippen molar-refractivity contribution in [1.82, 2.24) is 10.2 Å². The summed E-state index contributed by atoms with van der Waals surface area (Å²) in [5, 5.41) is 2.82. The van der Waals surface area contributed by atoms with E-state index in [2.05, 4.69) is 29.6 Å². The van der Waals surface area contributed by atoms with Crippen LogP contribution in [-0.4, -0.2) is 42.6 Å². The van der Waals surface area contributed by atoms with Gasteiger partial charge in [0.25, 0.3) is 0 Å². The summed E-state index contributed by atoms with van der Waals surface area (Å²) in [6.45, 7) is 2.73. The van der Waals surface area contributed by atoms with Crippen LogP contribution in [0, 0.1) is 0 Å². The Balaban J connectivity index is 1.36. The molecule has 2 amide bonds. The first-order valence-corrected chi connectivity index (χ1v) is 9.17. The summed E-state index contributed by atoms with van der Waals surface area (Å²) in [5.74, 6) is -0.0547. The van der Waals surface area contributed by atoms with Gasteiger partial charge in [-0.1, -0.05) is 48.5 Å². The fraction of sp³-hybridized carbons (Fsp3) is 0.333. The second-order valence-corrected chi connectivity index (χ2v) is 6.99. The van der Waals surface area contributed by atoms with Crippen LogP contribution in [0.3, 0.4) is 0 Å². The average Bonchev–Trinajstić information content (AvgIpc) is 3.25. The number of carbonyl (C=O) groups is 2. The van der Waals surface area contributed by atoms with Crippen molar-refractivity contribution < 1.29 is 19.4 Å². The summed E-state index contributed by atoms with van der Waals surface area (Å²) in [7, 11) is 0. The largest absolute Gasteiger partial charge is 0.441 e. The third-order valence-electron chi connectivity index (χ3n) is 5.18. The molecular formula is C21H22N2O4. The van der Waals surface area contributed by atoms with E-state index in [1.165, 1.54) is 29.2 Å². The second-order valence-electron chi connectivity index (χ2n) is 6.99. The highest BCUT2D eigenvalue weighted by molar-refractivity contribution is 5.78. The first-order valence-electron chi connectivity index (χ1n) is 9.17. The molecule has 1 unspecified atom stereocenters. The quantitative estimate of drug-likeness (QED) is 0.667. The fourth-order valence-electron chi connectivity index (χ4n) is 3.98. The van der Waals surface area contributed by atoms with E-state index in [-0.39, 0.29) is 24.5 Å². The molecule has 2 aromatic carbocycles. The Morgan fingerprint density at radius 2 is 1.70 bits per heavy atom. The number of benzene rings is 2. The Hall–Kier alpha value is -2.86. The molecule has 1 saturated heterocycles. The minimum absolute atomic E-state index is 0.0244. The van der Waals surface area contributed by atoms with Gasteiger partial charge in [0.05, 0.1) is 0 Å². The Morgan fingerprint density at radius 3 is 2.33 bits per heavy atom. The van der Waals surface area contributed by atoms with E-state index < -0.39 is 6.09 Å². The highest BCUT2D eigenvalue weighted by Crippen LogP contribution is 2.44. The van der Waals surface area contributed by atoms with Gasteiger partial charge in [-0.2, -0.15) is 4.89 Å². The monoisotopic (exact) mass is 366 g/mol. The Bertz CT molecular complexity index is 821. The Kier molecular flexibility index (Phi) is 4.81. The molecule has 140 valence electrons. The SMILES string of the molecule is CC(=O)NC1CCN(C(=O)OOCC2c3ccccc3-c3ccccc32)C1. The number of nitrogens with zero attached hydrogens (tertiary/aromatic N) is 1. The van der Waals surface area contributed by atoms with E-state index in [1.54, 1.807) is 4.90 Å². The lowest BCUT2D eigenvalue weighted by molar-refractivity contribution is -0.246. The highest BCUT2D eigenvalue weighted by Gasteiger charge is 2.31. The summed E-state index contributed by atoms with van der Waals surface area (Å²) in [4.78, 5) is 35.3. The number of likely N-dealkylation sites (tertiary alicyclic amines) is 1. The summed E-state index contributed by atoms with van der Waals surface area (Å²) in [5.41, 5.74) is 4.76. The van der Waals surface area contributed by atoms with Crippen LogP contribution in [0.15, 0.2) is 48.5 Å². The van der Waals surface area contributed by atoms with Crippen molar-refractivity contribution in [2.75, 3.05) is 19.7 Å². The fourth-order valence-corrected chi connectivity index (χ4v) is 3.98. The second kappa shape index (κ2) is 7.40. The Morgan fingerprint density at radius 1 is 1.07 bits per heavy atom. The van der Waals surface area contributed by atoms with Gasteiger partial charge in [0.15, 0.2) is 0 Å². The molecule has 0 bridgehead atoms. The minimum Gasteiger partial charge on any atom is -0.352 e. The standard InChI is InChI=1S/C21H22N2O4/c1-14(24)22-15-10-11-23(12-15)21(25)27-26-13-20-18-8-4-2-6-16(18)17-7-3-5-9-19(17)20/h2-9,15,20H,10-13H2,1H3,(H,22,24). The molecule has 1 aliphatic carbocycles. The van der Waals surface area contributed by atoms with Gasteiger partial charge in [-0.25, -0.2) is 4.79 Å². The smallest absolute Gasteiger partial charge is 0.352 e. The number of hydrogen-bond donors (Lipinski definition) is 1. The lowest BCUT2D eigenvalue weighted by atomic mass is 9.98. The van der Waals surface area contributed by atoms with E-state index in [1.807, 2.05) is 24.3 Å². The summed E-state index contributed by atoms with van der Waals surface area (Å²) in [6, 6.07) is 16.4. The van der Waals surface area contributed by atoms with E-state index >= 15 is 0 Å². The molecule has 1 N–H and O–H groups in total. The molecule has 27 heavy (non-hydrogen) atoms. The maximum Gasteiger partial charge on any atom is 0.441 e. The van der Waals surface area contributed by atoms with Gasteiger partial charge >= 0.3 is 6.09 Å². The van der Waals surface area contributed by atoms with Crippen LogP contribution in [-0.2, 0) is 14.6 Å². The average molecular weight is 366 g/mol. The molecule has 4 rings (SSSR count). The Labute approximate surface area is 158 Å². The van der Waals surface area contributed by atoms with Crippen LogP contribution in [0.1, 0.15) is 30.4 Å². The van der Waals surface area contributed by atoms with Gasteiger partial charge in [-0.3, -0.25) is 9.68 Å². The maximum absolute atomic E-state index is 12.2. The molecule has 1 atom stereocenters. The summed E-state index contributed by atoms with van der Waals surface area (Å²) >= 11 is 0. The van der Waals surface area contributed by atoms with E-state index in [9.17, 15) is 9.59 Å².